The summed E-state index contributed by atoms with van der Waals surface area (Å²) in [7, 11) is 0. The molecule has 0 spiro atoms. The lowest BCUT2D eigenvalue weighted by Crippen LogP contribution is -2.22. The van der Waals surface area contributed by atoms with Gasteiger partial charge in [-0.15, -0.1) is 5.10 Å². The number of likely N-dealkylation sites (tertiary alicyclic amines) is 1. The predicted octanol–water partition coefficient (Wildman–Crippen LogP) is 3.18. The summed E-state index contributed by atoms with van der Waals surface area (Å²) in [6.07, 6.45) is 3.90. The Bertz CT molecular complexity index is 963. The lowest BCUT2D eigenvalue weighted by molar-refractivity contribution is 0.102. The fourth-order valence-electron chi connectivity index (χ4n) is 3.62. The van der Waals surface area contributed by atoms with Crippen molar-refractivity contribution in [1.29, 1.82) is 0 Å². The minimum absolute atomic E-state index is 0.186. The minimum atomic E-state index is -0.186. The van der Waals surface area contributed by atoms with Crippen LogP contribution in [0.3, 0.4) is 0 Å². The normalized spacial score (nSPS) is 17.1. The number of benzene rings is 1. The zero-order chi connectivity index (χ0) is 19.5. The van der Waals surface area contributed by atoms with Crippen molar-refractivity contribution in [2.24, 2.45) is 0 Å². The summed E-state index contributed by atoms with van der Waals surface area (Å²) in [6.45, 7) is 6.38. The fourth-order valence-corrected chi connectivity index (χ4v) is 3.62. The van der Waals surface area contributed by atoms with Crippen molar-refractivity contribution in [3.8, 4) is 0 Å². The molecule has 1 fully saturated rings. The average Bonchev–Trinajstić information content (AvgIpc) is 3.43. The number of aryl methyl sites for hydroxylation is 2. The third-order valence-electron chi connectivity index (χ3n) is 5.02. The summed E-state index contributed by atoms with van der Waals surface area (Å²) in [6, 6.07) is 9.95. The molecule has 1 aliphatic rings. The van der Waals surface area contributed by atoms with Gasteiger partial charge in [0.2, 0.25) is 0 Å². The van der Waals surface area contributed by atoms with Gasteiger partial charge < -0.3 is 9.84 Å². The molecule has 0 saturated carbocycles. The molecule has 1 saturated heterocycles. The van der Waals surface area contributed by atoms with Gasteiger partial charge >= 0.3 is 0 Å². The highest BCUT2D eigenvalue weighted by Gasteiger charge is 2.29. The lowest BCUT2D eigenvalue weighted by Gasteiger charge is -2.22. The highest BCUT2D eigenvalue weighted by Crippen LogP contribution is 2.33. The van der Waals surface area contributed by atoms with E-state index in [-0.39, 0.29) is 11.9 Å². The van der Waals surface area contributed by atoms with Crippen LogP contribution in [-0.4, -0.2) is 37.5 Å². The molecule has 2 aromatic heterocycles. The van der Waals surface area contributed by atoms with Crippen LogP contribution >= 0.6 is 0 Å². The van der Waals surface area contributed by atoms with E-state index in [1.165, 1.54) is 0 Å². The first-order valence-corrected chi connectivity index (χ1v) is 9.60. The van der Waals surface area contributed by atoms with E-state index >= 15 is 0 Å². The summed E-state index contributed by atoms with van der Waals surface area (Å²) < 4.78 is 7.16. The Balaban J connectivity index is 1.45. The van der Waals surface area contributed by atoms with Gasteiger partial charge in [-0.25, -0.2) is 0 Å². The maximum absolute atomic E-state index is 12.6. The second-order valence-electron chi connectivity index (χ2n) is 7.11. The number of anilines is 1. The van der Waals surface area contributed by atoms with E-state index in [4.69, 9.17) is 4.52 Å². The topological polar surface area (TPSA) is 89.1 Å². The van der Waals surface area contributed by atoms with Gasteiger partial charge in [0.05, 0.1) is 17.9 Å². The van der Waals surface area contributed by atoms with Gasteiger partial charge in [0, 0.05) is 24.7 Å². The van der Waals surface area contributed by atoms with E-state index in [0.717, 1.165) is 42.9 Å². The van der Waals surface area contributed by atoms with Crippen molar-refractivity contribution in [1.82, 2.24) is 25.1 Å². The Morgan fingerprint density at radius 1 is 1.36 bits per heavy atom. The number of carbonyl (C=O) groups is 1. The number of hydrogen-bond acceptors (Lipinski definition) is 6. The molecule has 1 atom stereocenters. The summed E-state index contributed by atoms with van der Waals surface area (Å²) in [5, 5.41) is 14.7. The second-order valence-corrected chi connectivity index (χ2v) is 7.11. The van der Waals surface area contributed by atoms with Crippen LogP contribution in [0, 0.1) is 6.92 Å². The summed E-state index contributed by atoms with van der Waals surface area (Å²) in [4.78, 5) is 14.9. The smallest absolute Gasteiger partial charge is 0.256 e. The number of amides is 1. The van der Waals surface area contributed by atoms with E-state index in [0.29, 0.717) is 17.9 Å². The van der Waals surface area contributed by atoms with Crippen LogP contribution in [0.15, 0.2) is 41.1 Å². The van der Waals surface area contributed by atoms with Gasteiger partial charge in [-0.05, 0) is 50.9 Å². The molecule has 1 amide bonds. The molecule has 8 heteroatoms. The molecule has 1 aliphatic heterocycles. The highest BCUT2D eigenvalue weighted by molar-refractivity contribution is 6.03. The van der Waals surface area contributed by atoms with Crippen LogP contribution in [0.1, 0.15) is 53.2 Å². The summed E-state index contributed by atoms with van der Waals surface area (Å²) >= 11 is 0. The van der Waals surface area contributed by atoms with E-state index in [9.17, 15) is 4.79 Å². The molecule has 1 aromatic carbocycles. The fraction of sp³-hybridized carbons (Fsp3) is 0.400. The Kier molecular flexibility index (Phi) is 5.21. The summed E-state index contributed by atoms with van der Waals surface area (Å²) in [5.74, 6) is 1.19. The van der Waals surface area contributed by atoms with Gasteiger partial charge in [0.1, 0.15) is 0 Å². The Labute approximate surface area is 163 Å². The molecular weight excluding hydrogens is 356 g/mol. The van der Waals surface area contributed by atoms with Crippen LogP contribution < -0.4 is 5.32 Å². The Morgan fingerprint density at radius 2 is 2.25 bits per heavy atom. The van der Waals surface area contributed by atoms with Gasteiger partial charge in [-0.2, -0.15) is 0 Å². The molecule has 1 N–H and O–H groups in total. The third kappa shape index (κ3) is 3.96. The van der Waals surface area contributed by atoms with Crippen molar-refractivity contribution in [2.45, 2.75) is 45.8 Å². The highest BCUT2D eigenvalue weighted by atomic mass is 16.5. The van der Waals surface area contributed by atoms with E-state index in [1.54, 1.807) is 10.9 Å². The zero-order valence-electron chi connectivity index (χ0n) is 16.1. The van der Waals surface area contributed by atoms with E-state index < -0.39 is 0 Å². The number of carbonyl (C=O) groups excluding carboxylic acids is 1. The molecule has 3 heterocycles. The van der Waals surface area contributed by atoms with Crippen LogP contribution in [0.2, 0.25) is 0 Å². The van der Waals surface area contributed by atoms with Crippen LogP contribution in [0.4, 0.5) is 5.82 Å². The number of hydrogen-bond donors (Lipinski definition) is 1. The first-order valence-electron chi connectivity index (χ1n) is 9.60. The Hall–Kier alpha value is -3.00. The number of aromatic nitrogens is 4. The molecule has 8 nitrogen and oxygen atoms in total. The van der Waals surface area contributed by atoms with Crippen molar-refractivity contribution >= 4 is 11.7 Å². The van der Waals surface area contributed by atoms with Gasteiger partial charge in [0.25, 0.3) is 5.91 Å². The van der Waals surface area contributed by atoms with Crippen LogP contribution in [0.5, 0.6) is 0 Å². The minimum Gasteiger partial charge on any atom is -0.359 e. The number of nitrogens with one attached hydrogen (secondary N) is 1. The monoisotopic (exact) mass is 380 g/mol. The molecule has 146 valence electrons. The third-order valence-corrected chi connectivity index (χ3v) is 5.02. The molecule has 0 bridgehead atoms. The summed E-state index contributed by atoms with van der Waals surface area (Å²) in [5.41, 5.74) is 2.60. The van der Waals surface area contributed by atoms with E-state index in [1.807, 2.05) is 44.2 Å². The maximum atomic E-state index is 12.6. The molecule has 28 heavy (non-hydrogen) atoms. The quantitative estimate of drug-likeness (QED) is 0.706. The SMILES string of the molecule is CCn1cc(NC(=O)c2cccc(CN3CCC[C@H]3c3cc(C)no3)c2)nn1. The first kappa shape index (κ1) is 18.4. The largest absolute Gasteiger partial charge is 0.359 e. The van der Waals surface area contributed by atoms with Crippen molar-refractivity contribution in [3.63, 3.8) is 0 Å². The molecule has 0 radical (unpaired) electrons. The molecule has 4 rings (SSSR count). The number of rotatable bonds is 6. The molecule has 0 unspecified atom stereocenters. The average molecular weight is 380 g/mol. The van der Waals surface area contributed by atoms with Crippen molar-refractivity contribution in [2.75, 3.05) is 11.9 Å². The van der Waals surface area contributed by atoms with Crippen LogP contribution in [-0.2, 0) is 13.1 Å². The predicted molar refractivity (Wildman–Crippen MR) is 104 cm³/mol. The van der Waals surface area contributed by atoms with Crippen molar-refractivity contribution in [3.05, 3.63) is 59.1 Å². The maximum Gasteiger partial charge on any atom is 0.256 e. The second kappa shape index (κ2) is 7.93. The standard InChI is InChI=1S/C20H24N6O2/c1-3-26-13-19(22-24-26)21-20(27)16-7-4-6-15(11-16)12-25-9-5-8-17(25)18-10-14(2)23-28-18/h4,6-7,10-11,13,17H,3,5,8-9,12H2,1-2H3,(H,21,27)/t17-/m0/s1. The van der Waals surface area contributed by atoms with Gasteiger partial charge in [-0.1, -0.05) is 22.5 Å². The Morgan fingerprint density at radius 3 is 3.00 bits per heavy atom. The molecule has 3 aromatic rings. The van der Waals surface area contributed by atoms with Gasteiger partial charge in [-0.3, -0.25) is 14.4 Å². The number of nitrogens with zero attached hydrogens (tertiary/aromatic N) is 5. The van der Waals surface area contributed by atoms with Crippen LogP contribution in [0.25, 0.3) is 0 Å². The zero-order valence-corrected chi connectivity index (χ0v) is 16.1. The first-order chi connectivity index (χ1) is 13.6. The van der Waals surface area contributed by atoms with Gasteiger partial charge in [0.15, 0.2) is 11.6 Å². The molecular formula is C20H24N6O2. The molecule has 0 aliphatic carbocycles. The lowest BCUT2D eigenvalue weighted by atomic mass is 10.1. The van der Waals surface area contributed by atoms with E-state index in [2.05, 4.69) is 25.7 Å². The van der Waals surface area contributed by atoms with Crippen molar-refractivity contribution < 1.29 is 9.32 Å².